The Balaban J connectivity index is 1.74. The first-order valence-corrected chi connectivity index (χ1v) is 8.37. The quantitative estimate of drug-likeness (QED) is 0.913. The zero-order valence-corrected chi connectivity index (χ0v) is 13.3. The molecule has 1 amide bonds. The molecule has 2 N–H and O–H groups in total. The first-order valence-electron chi connectivity index (χ1n) is 8.37. The number of nitrogens with two attached hydrogens (primary N) is 1. The van der Waals surface area contributed by atoms with E-state index >= 15 is 0 Å². The number of amides is 1. The summed E-state index contributed by atoms with van der Waals surface area (Å²) in [6, 6.07) is 10.1. The molecule has 2 unspecified atom stereocenters. The van der Waals surface area contributed by atoms with Gasteiger partial charge in [0, 0.05) is 6.54 Å². The van der Waals surface area contributed by atoms with Crippen molar-refractivity contribution in [3.63, 3.8) is 0 Å². The summed E-state index contributed by atoms with van der Waals surface area (Å²) < 4.78 is 6.04. The van der Waals surface area contributed by atoms with Crippen molar-refractivity contribution < 1.29 is 9.53 Å². The van der Waals surface area contributed by atoms with Gasteiger partial charge in [-0.3, -0.25) is 4.79 Å². The molecule has 1 aromatic carbocycles. The van der Waals surface area contributed by atoms with E-state index in [2.05, 4.69) is 12.1 Å². The van der Waals surface area contributed by atoms with Crippen LogP contribution < -0.4 is 5.73 Å². The molecule has 4 heteroatoms. The summed E-state index contributed by atoms with van der Waals surface area (Å²) in [7, 11) is 0. The lowest BCUT2D eigenvalue weighted by atomic mass is 9.81. The minimum absolute atomic E-state index is 0.0371. The highest BCUT2D eigenvalue weighted by atomic mass is 16.5. The summed E-state index contributed by atoms with van der Waals surface area (Å²) in [5.41, 5.74) is 6.90. The lowest BCUT2D eigenvalue weighted by Crippen LogP contribution is -2.59. The number of hydrogen-bond acceptors (Lipinski definition) is 3. The number of morpholine rings is 1. The summed E-state index contributed by atoms with van der Waals surface area (Å²) in [6.07, 6.45) is 4.92. The normalized spacial score (nSPS) is 28.4. The molecule has 2 aliphatic rings. The van der Waals surface area contributed by atoms with Crippen molar-refractivity contribution in [2.45, 2.75) is 56.8 Å². The third-order valence-electron chi connectivity index (χ3n) is 4.89. The van der Waals surface area contributed by atoms with Gasteiger partial charge in [-0.2, -0.15) is 0 Å². The number of benzene rings is 1. The maximum atomic E-state index is 12.9. The van der Waals surface area contributed by atoms with E-state index in [9.17, 15) is 4.79 Å². The molecule has 2 atom stereocenters. The number of nitrogens with zero attached hydrogens (tertiary/aromatic N) is 1. The summed E-state index contributed by atoms with van der Waals surface area (Å²) >= 11 is 0. The van der Waals surface area contributed by atoms with Crippen molar-refractivity contribution >= 4 is 5.91 Å². The van der Waals surface area contributed by atoms with E-state index in [4.69, 9.17) is 10.5 Å². The maximum absolute atomic E-state index is 12.9. The van der Waals surface area contributed by atoms with Crippen molar-refractivity contribution in [1.29, 1.82) is 0 Å². The van der Waals surface area contributed by atoms with Gasteiger partial charge in [0.15, 0.2) is 0 Å². The lowest BCUT2D eigenvalue weighted by molar-refractivity contribution is -0.151. The van der Waals surface area contributed by atoms with Crippen molar-refractivity contribution in [2.24, 2.45) is 5.73 Å². The van der Waals surface area contributed by atoms with Crippen LogP contribution in [0.1, 0.15) is 50.7 Å². The molecule has 22 heavy (non-hydrogen) atoms. The predicted molar refractivity (Wildman–Crippen MR) is 86.3 cm³/mol. The number of carbonyl (C=O) groups is 1. The molecule has 1 saturated carbocycles. The summed E-state index contributed by atoms with van der Waals surface area (Å²) in [4.78, 5) is 14.9. The van der Waals surface area contributed by atoms with E-state index in [0.29, 0.717) is 13.1 Å². The van der Waals surface area contributed by atoms with E-state index < -0.39 is 5.54 Å². The first kappa shape index (κ1) is 15.5. The molecule has 0 aromatic heterocycles. The van der Waals surface area contributed by atoms with Gasteiger partial charge in [0.1, 0.15) is 6.10 Å². The Kier molecular flexibility index (Phi) is 4.50. The van der Waals surface area contributed by atoms with Gasteiger partial charge >= 0.3 is 0 Å². The molecule has 0 bridgehead atoms. The smallest absolute Gasteiger partial charge is 0.242 e. The zero-order chi connectivity index (χ0) is 15.6. The second-order valence-corrected chi connectivity index (χ2v) is 6.77. The second kappa shape index (κ2) is 6.39. The van der Waals surface area contributed by atoms with Gasteiger partial charge in [-0.1, -0.05) is 49.6 Å². The monoisotopic (exact) mass is 302 g/mol. The van der Waals surface area contributed by atoms with Crippen LogP contribution in [-0.4, -0.2) is 35.5 Å². The van der Waals surface area contributed by atoms with E-state index in [1.54, 1.807) is 0 Å². The molecule has 1 aliphatic heterocycles. The lowest BCUT2D eigenvalue weighted by Gasteiger charge is -2.42. The van der Waals surface area contributed by atoms with Crippen LogP contribution in [0.15, 0.2) is 30.3 Å². The highest BCUT2D eigenvalue weighted by Gasteiger charge is 2.41. The molecule has 0 radical (unpaired) electrons. The Morgan fingerprint density at radius 2 is 1.86 bits per heavy atom. The molecule has 2 fully saturated rings. The van der Waals surface area contributed by atoms with E-state index in [1.807, 2.05) is 30.0 Å². The predicted octanol–water partition coefficient (Wildman–Crippen LogP) is 2.64. The van der Waals surface area contributed by atoms with Gasteiger partial charge in [-0.15, -0.1) is 0 Å². The highest BCUT2D eigenvalue weighted by Crippen LogP contribution is 2.31. The van der Waals surface area contributed by atoms with Crippen molar-refractivity contribution in [3.8, 4) is 0 Å². The molecular formula is C18H26N2O2. The molecular weight excluding hydrogens is 276 g/mol. The van der Waals surface area contributed by atoms with Gasteiger partial charge in [-0.05, 0) is 25.3 Å². The maximum Gasteiger partial charge on any atom is 0.242 e. The Morgan fingerprint density at radius 3 is 2.55 bits per heavy atom. The second-order valence-electron chi connectivity index (χ2n) is 6.77. The number of ether oxygens (including phenoxy) is 1. The van der Waals surface area contributed by atoms with Crippen molar-refractivity contribution in [3.05, 3.63) is 35.9 Å². The minimum atomic E-state index is -0.656. The fourth-order valence-electron chi connectivity index (χ4n) is 3.68. The van der Waals surface area contributed by atoms with Crippen LogP contribution in [0.3, 0.4) is 0 Å². The Morgan fingerprint density at radius 1 is 1.18 bits per heavy atom. The fraction of sp³-hybridized carbons (Fsp3) is 0.611. The molecule has 1 aliphatic carbocycles. The summed E-state index contributed by atoms with van der Waals surface area (Å²) in [5, 5.41) is 0. The average molecular weight is 302 g/mol. The molecule has 1 saturated heterocycles. The van der Waals surface area contributed by atoms with Gasteiger partial charge in [0.05, 0.1) is 18.2 Å². The Bertz CT molecular complexity index is 511. The third-order valence-corrected chi connectivity index (χ3v) is 4.89. The molecule has 4 nitrogen and oxygen atoms in total. The molecule has 3 rings (SSSR count). The van der Waals surface area contributed by atoms with E-state index in [0.717, 1.165) is 31.2 Å². The standard InChI is InChI=1S/C18H26N2O2/c1-14-12-20(17(21)18(19)10-6-3-7-11-18)13-16(22-14)15-8-4-2-5-9-15/h2,4-5,8-9,14,16H,3,6-7,10-13,19H2,1H3. The molecule has 120 valence electrons. The van der Waals surface area contributed by atoms with Crippen LogP contribution in [0, 0.1) is 0 Å². The Hall–Kier alpha value is -1.39. The zero-order valence-electron chi connectivity index (χ0n) is 13.3. The van der Waals surface area contributed by atoms with Crippen LogP contribution in [0.4, 0.5) is 0 Å². The number of rotatable bonds is 2. The van der Waals surface area contributed by atoms with Gasteiger partial charge < -0.3 is 15.4 Å². The third kappa shape index (κ3) is 3.18. The van der Waals surface area contributed by atoms with Crippen LogP contribution in [0.2, 0.25) is 0 Å². The summed E-state index contributed by atoms with van der Waals surface area (Å²) in [6.45, 7) is 3.27. The number of carbonyl (C=O) groups excluding carboxylic acids is 1. The SMILES string of the molecule is CC1CN(C(=O)C2(N)CCCCC2)CC(c2ccccc2)O1. The largest absolute Gasteiger partial charge is 0.367 e. The topological polar surface area (TPSA) is 55.6 Å². The number of hydrogen-bond donors (Lipinski definition) is 1. The van der Waals surface area contributed by atoms with Gasteiger partial charge in [0.2, 0.25) is 5.91 Å². The minimum Gasteiger partial charge on any atom is -0.367 e. The fourth-order valence-corrected chi connectivity index (χ4v) is 3.68. The Labute approximate surface area is 132 Å². The van der Waals surface area contributed by atoms with Crippen molar-refractivity contribution in [1.82, 2.24) is 4.90 Å². The highest BCUT2D eigenvalue weighted by molar-refractivity contribution is 5.86. The molecule has 0 spiro atoms. The summed E-state index contributed by atoms with van der Waals surface area (Å²) in [5.74, 6) is 0.114. The van der Waals surface area contributed by atoms with Crippen LogP contribution >= 0.6 is 0 Å². The van der Waals surface area contributed by atoms with Crippen LogP contribution in [0.25, 0.3) is 0 Å². The van der Waals surface area contributed by atoms with Crippen LogP contribution in [-0.2, 0) is 9.53 Å². The molecule has 1 aromatic rings. The van der Waals surface area contributed by atoms with Crippen LogP contribution in [0.5, 0.6) is 0 Å². The van der Waals surface area contributed by atoms with E-state index in [-0.39, 0.29) is 18.1 Å². The van der Waals surface area contributed by atoms with Gasteiger partial charge in [-0.25, -0.2) is 0 Å². The average Bonchev–Trinajstić information content (AvgIpc) is 2.55. The van der Waals surface area contributed by atoms with Crippen molar-refractivity contribution in [2.75, 3.05) is 13.1 Å². The van der Waals surface area contributed by atoms with Gasteiger partial charge in [0.25, 0.3) is 0 Å². The molecule has 1 heterocycles. The first-order chi connectivity index (χ1) is 10.6. The van der Waals surface area contributed by atoms with E-state index in [1.165, 1.54) is 6.42 Å².